The lowest BCUT2D eigenvalue weighted by atomic mass is 10.1. The Bertz CT molecular complexity index is 631. The zero-order valence-corrected chi connectivity index (χ0v) is 11.6. The molecule has 0 spiro atoms. The Hall–Kier alpha value is -2.30. The first-order chi connectivity index (χ1) is 9.49. The minimum Gasteiger partial charge on any atom is -0.480 e. The zero-order chi connectivity index (χ0) is 14.7. The Kier molecular flexibility index (Phi) is 4.08. The molecule has 2 aromatic rings. The second-order valence-corrected chi connectivity index (χ2v) is 5.22. The van der Waals surface area contributed by atoms with Crippen LogP contribution in [0.25, 0.3) is 10.9 Å². The van der Waals surface area contributed by atoms with E-state index in [1.54, 1.807) is 18.3 Å². The van der Waals surface area contributed by atoms with Crippen LogP contribution >= 0.6 is 0 Å². The molecule has 0 aliphatic rings. The van der Waals surface area contributed by atoms with Crippen molar-refractivity contribution in [1.29, 1.82) is 0 Å². The van der Waals surface area contributed by atoms with Crippen LogP contribution in [0.4, 0.5) is 0 Å². The average Bonchev–Trinajstić information content (AvgIpc) is 2.83. The van der Waals surface area contributed by atoms with Gasteiger partial charge >= 0.3 is 5.97 Å². The van der Waals surface area contributed by atoms with Crippen molar-refractivity contribution in [3.05, 3.63) is 36.0 Å². The number of carboxylic acid groups (broad SMARTS) is 1. The van der Waals surface area contributed by atoms with Crippen molar-refractivity contribution < 1.29 is 14.7 Å². The van der Waals surface area contributed by atoms with Gasteiger partial charge in [0, 0.05) is 18.1 Å². The summed E-state index contributed by atoms with van der Waals surface area (Å²) in [7, 11) is 0. The Balaban J connectivity index is 2.35. The second-order valence-electron chi connectivity index (χ2n) is 5.22. The van der Waals surface area contributed by atoms with Crippen LogP contribution in [-0.2, 0) is 4.79 Å². The topological polar surface area (TPSA) is 73.4 Å². The van der Waals surface area contributed by atoms with Crippen LogP contribution in [0.15, 0.2) is 30.5 Å². The fourth-order valence-corrected chi connectivity index (χ4v) is 2.26. The number of carboxylic acids is 1. The second kappa shape index (κ2) is 5.77. The predicted octanol–water partition coefficient (Wildman–Crippen LogP) is 2.35. The molecule has 5 nitrogen and oxygen atoms in total. The molecule has 0 aliphatic carbocycles. The number of aromatic amines is 1. The fraction of sp³-hybridized carbons (Fsp3) is 0.333. The number of para-hydroxylation sites is 1. The molecule has 20 heavy (non-hydrogen) atoms. The number of carbonyl (C=O) groups is 2. The first kappa shape index (κ1) is 14.1. The molecule has 0 saturated carbocycles. The van der Waals surface area contributed by atoms with Crippen LogP contribution < -0.4 is 0 Å². The number of hydrogen-bond donors (Lipinski definition) is 2. The van der Waals surface area contributed by atoms with Gasteiger partial charge in [-0.2, -0.15) is 0 Å². The highest BCUT2D eigenvalue weighted by Gasteiger charge is 2.21. The Labute approximate surface area is 117 Å². The van der Waals surface area contributed by atoms with E-state index >= 15 is 0 Å². The van der Waals surface area contributed by atoms with Gasteiger partial charge in [0.1, 0.15) is 6.54 Å². The molecule has 1 amide bonds. The number of fused-ring (bicyclic) bond motifs is 1. The van der Waals surface area contributed by atoms with Gasteiger partial charge in [-0.15, -0.1) is 0 Å². The third kappa shape index (κ3) is 2.99. The SMILES string of the molecule is CC(C)CN(CC(=O)O)C(=O)c1cccc2cc[nH]c12. The van der Waals surface area contributed by atoms with Crippen LogP contribution in [0.1, 0.15) is 24.2 Å². The lowest BCUT2D eigenvalue weighted by Gasteiger charge is -2.23. The van der Waals surface area contributed by atoms with Gasteiger partial charge in [-0.1, -0.05) is 26.0 Å². The molecule has 0 atom stereocenters. The molecule has 106 valence electrons. The summed E-state index contributed by atoms with van der Waals surface area (Å²) in [6, 6.07) is 7.32. The van der Waals surface area contributed by atoms with Crippen LogP contribution in [0, 0.1) is 5.92 Å². The van der Waals surface area contributed by atoms with Gasteiger partial charge in [-0.25, -0.2) is 0 Å². The quantitative estimate of drug-likeness (QED) is 0.879. The maximum Gasteiger partial charge on any atom is 0.323 e. The molecular weight excluding hydrogens is 256 g/mol. The number of nitrogens with zero attached hydrogens (tertiary/aromatic N) is 1. The van der Waals surface area contributed by atoms with Crippen molar-refractivity contribution in [1.82, 2.24) is 9.88 Å². The van der Waals surface area contributed by atoms with Gasteiger partial charge < -0.3 is 15.0 Å². The summed E-state index contributed by atoms with van der Waals surface area (Å²) in [6.07, 6.45) is 1.77. The summed E-state index contributed by atoms with van der Waals surface area (Å²) >= 11 is 0. The molecule has 0 aliphatic heterocycles. The number of hydrogen-bond acceptors (Lipinski definition) is 2. The molecule has 5 heteroatoms. The molecule has 0 saturated heterocycles. The smallest absolute Gasteiger partial charge is 0.323 e. The molecule has 2 rings (SSSR count). The highest BCUT2D eigenvalue weighted by Crippen LogP contribution is 2.19. The minimum absolute atomic E-state index is 0.209. The van der Waals surface area contributed by atoms with Crippen LogP contribution in [-0.4, -0.2) is 40.0 Å². The van der Waals surface area contributed by atoms with E-state index in [1.165, 1.54) is 4.90 Å². The summed E-state index contributed by atoms with van der Waals surface area (Å²) in [4.78, 5) is 27.9. The number of benzene rings is 1. The monoisotopic (exact) mass is 274 g/mol. The summed E-state index contributed by atoms with van der Waals surface area (Å²) in [5.74, 6) is -1.05. The largest absolute Gasteiger partial charge is 0.480 e. The van der Waals surface area contributed by atoms with Crippen LogP contribution in [0.2, 0.25) is 0 Å². The molecule has 0 fully saturated rings. The Morgan fingerprint density at radius 3 is 2.70 bits per heavy atom. The van der Waals surface area contributed by atoms with E-state index in [0.29, 0.717) is 12.1 Å². The number of aromatic nitrogens is 1. The van der Waals surface area contributed by atoms with E-state index in [9.17, 15) is 9.59 Å². The zero-order valence-electron chi connectivity index (χ0n) is 11.6. The third-order valence-electron chi connectivity index (χ3n) is 3.02. The maximum atomic E-state index is 12.6. The molecule has 0 unspecified atom stereocenters. The van der Waals surface area contributed by atoms with E-state index < -0.39 is 5.97 Å². The number of nitrogens with one attached hydrogen (secondary N) is 1. The van der Waals surface area contributed by atoms with Gasteiger partial charge in [-0.3, -0.25) is 9.59 Å². The molecule has 1 heterocycles. The van der Waals surface area contributed by atoms with Crippen LogP contribution in [0.5, 0.6) is 0 Å². The van der Waals surface area contributed by atoms with E-state index in [0.717, 1.165) is 10.9 Å². The Morgan fingerprint density at radius 1 is 1.30 bits per heavy atom. The molecule has 2 N–H and O–H groups in total. The first-order valence-electron chi connectivity index (χ1n) is 6.56. The van der Waals surface area contributed by atoms with Gasteiger partial charge in [0.05, 0.1) is 11.1 Å². The number of carbonyl (C=O) groups excluding carboxylic acids is 1. The standard InChI is InChI=1S/C15H18N2O3/c1-10(2)8-17(9-13(18)19)15(20)12-5-3-4-11-6-7-16-14(11)12/h3-7,10,16H,8-9H2,1-2H3,(H,18,19). The van der Waals surface area contributed by atoms with Crippen molar-refractivity contribution in [3.8, 4) is 0 Å². The minimum atomic E-state index is -1.00. The highest BCUT2D eigenvalue weighted by atomic mass is 16.4. The summed E-state index contributed by atoms with van der Waals surface area (Å²) in [5.41, 5.74) is 1.26. The van der Waals surface area contributed by atoms with Crippen molar-refractivity contribution in [2.45, 2.75) is 13.8 Å². The van der Waals surface area contributed by atoms with Gasteiger partial charge in [0.2, 0.25) is 0 Å². The lowest BCUT2D eigenvalue weighted by molar-refractivity contribution is -0.137. The molecular formula is C15H18N2O3. The Morgan fingerprint density at radius 2 is 2.05 bits per heavy atom. The number of rotatable bonds is 5. The van der Waals surface area contributed by atoms with Gasteiger partial charge in [-0.05, 0) is 18.1 Å². The number of amides is 1. The van der Waals surface area contributed by atoms with E-state index in [1.807, 2.05) is 26.0 Å². The highest BCUT2D eigenvalue weighted by molar-refractivity contribution is 6.06. The molecule has 0 radical (unpaired) electrons. The van der Waals surface area contributed by atoms with E-state index in [-0.39, 0.29) is 18.4 Å². The van der Waals surface area contributed by atoms with Crippen molar-refractivity contribution >= 4 is 22.8 Å². The summed E-state index contributed by atoms with van der Waals surface area (Å²) in [5, 5.41) is 9.90. The van der Waals surface area contributed by atoms with Crippen LogP contribution in [0.3, 0.4) is 0 Å². The molecule has 1 aromatic carbocycles. The molecule has 1 aromatic heterocycles. The third-order valence-corrected chi connectivity index (χ3v) is 3.02. The molecule has 0 bridgehead atoms. The lowest BCUT2D eigenvalue weighted by Crippen LogP contribution is -2.38. The number of aliphatic carboxylic acids is 1. The first-order valence-corrected chi connectivity index (χ1v) is 6.56. The van der Waals surface area contributed by atoms with Gasteiger partial charge in [0.15, 0.2) is 0 Å². The summed E-state index contributed by atoms with van der Waals surface area (Å²) in [6.45, 7) is 4.05. The number of H-pyrrole nitrogens is 1. The average molecular weight is 274 g/mol. The normalized spacial score (nSPS) is 10.9. The van der Waals surface area contributed by atoms with Crippen molar-refractivity contribution in [2.24, 2.45) is 5.92 Å². The predicted molar refractivity (Wildman–Crippen MR) is 76.7 cm³/mol. The summed E-state index contributed by atoms with van der Waals surface area (Å²) < 4.78 is 0. The van der Waals surface area contributed by atoms with Crippen molar-refractivity contribution in [2.75, 3.05) is 13.1 Å². The van der Waals surface area contributed by atoms with Gasteiger partial charge in [0.25, 0.3) is 5.91 Å². The van der Waals surface area contributed by atoms with E-state index in [4.69, 9.17) is 5.11 Å². The fourth-order valence-electron chi connectivity index (χ4n) is 2.26. The van der Waals surface area contributed by atoms with E-state index in [2.05, 4.69) is 4.98 Å². The maximum absolute atomic E-state index is 12.6. The van der Waals surface area contributed by atoms with Crippen molar-refractivity contribution in [3.63, 3.8) is 0 Å².